The molecule has 0 aliphatic heterocycles. The van der Waals surface area contributed by atoms with Crippen molar-refractivity contribution in [2.75, 3.05) is 14.2 Å². The van der Waals surface area contributed by atoms with E-state index >= 15 is 0 Å². The molecule has 0 fully saturated rings. The van der Waals surface area contributed by atoms with Gasteiger partial charge in [-0.2, -0.15) is 0 Å². The lowest BCUT2D eigenvalue weighted by atomic mass is 10.2. The highest BCUT2D eigenvalue weighted by molar-refractivity contribution is 6.30. The van der Waals surface area contributed by atoms with Gasteiger partial charge in [-0.1, -0.05) is 23.7 Å². The van der Waals surface area contributed by atoms with Gasteiger partial charge in [-0.15, -0.1) is 0 Å². The molecule has 0 radical (unpaired) electrons. The van der Waals surface area contributed by atoms with Crippen LogP contribution in [0.4, 0.5) is 0 Å². The Labute approximate surface area is 155 Å². The lowest BCUT2D eigenvalue weighted by Gasteiger charge is -2.12. The van der Waals surface area contributed by atoms with Gasteiger partial charge in [0.2, 0.25) is 0 Å². The monoisotopic (exact) mass is 372 g/mol. The molecule has 26 heavy (non-hydrogen) atoms. The third-order valence-corrected chi connectivity index (χ3v) is 4.00. The minimum Gasteiger partial charge on any atom is -0.493 e. The first kappa shape index (κ1) is 17.8. The van der Waals surface area contributed by atoms with E-state index in [1.54, 1.807) is 43.6 Å². The predicted octanol–water partition coefficient (Wildman–Crippen LogP) is 3.48. The zero-order chi connectivity index (χ0) is 18.5. The Bertz CT molecular complexity index is 954. The highest BCUT2D eigenvalue weighted by atomic mass is 35.5. The standard InChI is InChI=1S/C19H17ClN2O4/c1-24-16-8-7-15(11-17(16)25-2)22-10-9-21-18(19(22)23)26-12-13-3-5-14(20)6-4-13/h3-11H,12H2,1-2H3. The zero-order valence-electron chi connectivity index (χ0n) is 14.3. The Hall–Kier alpha value is -2.99. The van der Waals surface area contributed by atoms with E-state index in [0.717, 1.165) is 5.56 Å². The fourth-order valence-corrected chi connectivity index (χ4v) is 2.53. The molecule has 0 bridgehead atoms. The van der Waals surface area contributed by atoms with E-state index in [0.29, 0.717) is 22.2 Å². The fourth-order valence-electron chi connectivity index (χ4n) is 2.40. The quantitative estimate of drug-likeness (QED) is 0.663. The number of aromatic nitrogens is 2. The summed E-state index contributed by atoms with van der Waals surface area (Å²) < 4.78 is 17.5. The average molecular weight is 373 g/mol. The lowest BCUT2D eigenvalue weighted by molar-refractivity contribution is 0.287. The maximum absolute atomic E-state index is 12.7. The summed E-state index contributed by atoms with van der Waals surface area (Å²) >= 11 is 5.86. The molecule has 0 amide bonds. The molecule has 0 atom stereocenters. The van der Waals surface area contributed by atoms with Crippen molar-refractivity contribution < 1.29 is 14.2 Å². The van der Waals surface area contributed by atoms with Crippen LogP contribution >= 0.6 is 11.6 Å². The molecule has 0 spiro atoms. The maximum atomic E-state index is 12.7. The smallest absolute Gasteiger partial charge is 0.317 e. The third-order valence-electron chi connectivity index (χ3n) is 3.74. The summed E-state index contributed by atoms with van der Waals surface area (Å²) in [4.78, 5) is 16.7. The second-order valence-corrected chi connectivity index (χ2v) is 5.80. The van der Waals surface area contributed by atoms with Gasteiger partial charge in [0.1, 0.15) is 6.61 Å². The van der Waals surface area contributed by atoms with Gasteiger partial charge in [-0.25, -0.2) is 4.98 Å². The topological polar surface area (TPSA) is 62.6 Å². The zero-order valence-corrected chi connectivity index (χ0v) is 15.1. The van der Waals surface area contributed by atoms with E-state index in [4.69, 9.17) is 25.8 Å². The fraction of sp³-hybridized carbons (Fsp3) is 0.158. The SMILES string of the molecule is COc1ccc(-n2ccnc(OCc3ccc(Cl)cc3)c2=O)cc1OC. The van der Waals surface area contributed by atoms with Gasteiger partial charge in [0.25, 0.3) is 5.88 Å². The molecule has 7 heteroatoms. The second kappa shape index (κ2) is 7.93. The van der Waals surface area contributed by atoms with Gasteiger partial charge in [-0.05, 0) is 29.8 Å². The number of halogens is 1. The Balaban J connectivity index is 1.87. The van der Waals surface area contributed by atoms with E-state index in [1.165, 1.54) is 17.9 Å². The number of hydrogen-bond donors (Lipinski definition) is 0. The summed E-state index contributed by atoms with van der Waals surface area (Å²) in [6, 6.07) is 12.4. The van der Waals surface area contributed by atoms with E-state index < -0.39 is 0 Å². The van der Waals surface area contributed by atoms with Crippen LogP contribution in [-0.2, 0) is 6.61 Å². The molecular formula is C19H17ClN2O4. The van der Waals surface area contributed by atoms with Crippen molar-refractivity contribution in [1.82, 2.24) is 9.55 Å². The molecule has 0 saturated carbocycles. The van der Waals surface area contributed by atoms with Crippen LogP contribution in [0.5, 0.6) is 17.4 Å². The predicted molar refractivity (Wildman–Crippen MR) is 98.7 cm³/mol. The first-order valence-electron chi connectivity index (χ1n) is 7.79. The van der Waals surface area contributed by atoms with Crippen LogP contribution in [-0.4, -0.2) is 23.8 Å². The molecule has 1 aromatic heterocycles. The van der Waals surface area contributed by atoms with Crippen LogP contribution in [0.3, 0.4) is 0 Å². The lowest BCUT2D eigenvalue weighted by Crippen LogP contribution is -2.21. The van der Waals surface area contributed by atoms with Gasteiger partial charge in [0.05, 0.1) is 19.9 Å². The molecule has 1 heterocycles. The van der Waals surface area contributed by atoms with Crippen molar-refractivity contribution >= 4 is 11.6 Å². The van der Waals surface area contributed by atoms with Crippen LogP contribution in [0.2, 0.25) is 5.02 Å². The Morgan fingerprint density at radius 3 is 2.46 bits per heavy atom. The highest BCUT2D eigenvalue weighted by Gasteiger charge is 2.11. The minimum atomic E-state index is -0.367. The molecule has 0 N–H and O–H groups in total. The van der Waals surface area contributed by atoms with Crippen LogP contribution in [0.15, 0.2) is 59.7 Å². The van der Waals surface area contributed by atoms with Crippen molar-refractivity contribution in [3.63, 3.8) is 0 Å². The molecular weight excluding hydrogens is 356 g/mol. The molecule has 0 unspecified atom stereocenters. The Morgan fingerprint density at radius 2 is 1.77 bits per heavy atom. The number of benzene rings is 2. The molecule has 6 nitrogen and oxygen atoms in total. The molecule has 134 valence electrons. The van der Waals surface area contributed by atoms with Crippen LogP contribution in [0.25, 0.3) is 5.69 Å². The summed E-state index contributed by atoms with van der Waals surface area (Å²) in [6.45, 7) is 0.218. The van der Waals surface area contributed by atoms with Crippen molar-refractivity contribution in [2.24, 2.45) is 0 Å². The Morgan fingerprint density at radius 1 is 1.04 bits per heavy atom. The normalized spacial score (nSPS) is 10.4. The van der Waals surface area contributed by atoms with Crippen LogP contribution < -0.4 is 19.8 Å². The van der Waals surface area contributed by atoms with Crippen LogP contribution in [0, 0.1) is 0 Å². The molecule has 0 aliphatic rings. The van der Waals surface area contributed by atoms with Crippen molar-refractivity contribution in [3.05, 3.63) is 75.8 Å². The van der Waals surface area contributed by atoms with Gasteiger partial charge >= 0.3 is 5.56 Å². The maximum Gasteiger partial charge on any atom is 0.317 e. The van der Waals surface area contributed by atoms with Crippen molar-refractivity contribution in [2.45, 2.75) is 6.61 Å². The van der Waals surface area contributed by atoms with Crippen molar-refractivity contribution in [3.8, 4) is 23.1 Å². The van der Waals surface area contributed by atoms with Gasteiger partial charge in [-0.3, -0.25) is 9.36 Å². The van der Waals surface area contributed by atoms with E-state index in [1.807, 2.05) is 12.1 Å². The first-order chi connectivity index (χ1) is 12.6. The summed E-state index contributed by atoms with van der Waals surface area (Å²) in [5, 5.41) is 0.641. The molecule has 2 aromatic carbocycles. The van der Waals surface area contributed by atoms with E-state index in [2.05, 4.69) is 4.98 Å². The summed E-state index contributed by atoms with van der Waals surface area (Å²) in [5.74, 6) is 1.12. The van der Waals surface area contributed by atoms with E-state index in [9.17, 15) is 4.79 Å². The number of methoxy groups -OCH3 is 2. The molecule has 3 rings (SSSR count). The number of ether oxygens (including phenoxy) is 3. The number of rotatable bonds is 6. The average Bonchev–Trinajstić information content (AvgIpc) is 2.68. The highest BCUT2D eigenvalue weighted by Crippen LogP contribution is 2.28. The molecule has 0 aliphatic carbocycles. The van der Waals surface area contributed by atoms with Gasteiger partial charge < -0.3 is 14.2 Å². The number of nitrogens with zero attached hydrogens (tertiary/aromatic N) is 2. The van der Waals surface area contributed by atoms with Gasteiger partial charge in [0, 0.05) is 23.5 Å². The van der Waals surface area contributed by atoms with Crippen molar-refractivity contribution in [1.29, 1.82) is 0 Å². The largest absolute Gasteiger partial charge is 0.493 e. The summed E-state index contributed by atoms with van der Waals surface area (Å²) in [7, 11) is 3.09. The Kier molecular flexibility index (Phi) is 5.43. The van der Waals surface area contributed by atoms with E-state index in [-0.39, 0.29) is 18.0 Å². The third kappa shape index (κ3) is 3.81. The minimum absolute atomic E-state index is 0.0113. The first-order valence-corrected chi connectivity index (χ1v) is 8.17. The molecule has 0 saturated heterocycles. The summed E-state index contributed by atoms with van der Waals surface area (Å²) in [5.41, 5.74) is 1.14. The van der Waals surface area contributed by atoms with Gasteiger partial charge in [0.15, 0.2) is 11.5 Å². The van der Waals surface area contributed by atoms with Crippen LogP contribution in [0.1, 0.15) is 5.56 Å². The second-order valence-electron chi connectivity index (χ2n) is 5.36. The number of hydrogen-bond acceptors (Lipinski definition) is 5. The molecule has 3 aromatic rings. The summed E-state index contributed by atoms with van der Waals surface area (Å²) in [6.07, 6.45) is 3.08.